The minimum absolute atomic E-state index is 0.106. The van der Waals surface area contributed by atoms with Gasteiger partial charge < -0.3 is 19.4 Å². The van der Waals surface area contributed by atoms with E-state index in [1.807, 2.05) is 66.2 Å². The maximum Gasteiger partial charge on any atom is 0.357 e. The van der Waals surface area contributed by atoms with Crippen LogP contribution in [0.15, 0.2) is 55.0 Å². The van der Waals surface area contributed by atoms with Crippen molar-refractivity contribution in [3.63, 3.8) is 0 Å². The van der Waals surface area contributed by atoms with Gasteiger partial charge in [0.2, 0.25) is 0 Å². The number of benzene rings is 1. The molecule has 1 aromatic carbocycles. The van der Waals surface area contributed by atoms with E-state index in [0.717, 1.165) is 22.5 Å². The van der Waals surface area contributed by atoms with Crippen molar-refractivity contribution in [2.75, 3.05) is 12.8 Å². The Morgan fingerprint density at radius 2 is 1.96 bits per heavy atom. The average Bonchev–Trinajstić information content (AvgIpc) is 3.28. The molecule has 138 valence electrons. The van der Waals surface area contributed by atoms with Crippen LogP contribution >= 0.6 is 0 Å². The van der Waals surface area contributed by atoms with Crippen molar-refractivity contribution in [1.82, 2.24) is 14.0 Å². The van der Waals surface area contributed by atoms with Crippen LogP contribution in [0.2, 0.25) is 0 Å². The number of rotatable bonds is 3. The number of carbonyl (C=O) groups excluding carboxylic acids is 1. The summed E-state index contributed by atoms with van der Waals surface area (Å²) >= 11 is 0. The van der Waals surface area contributed by atoms with E-state index in [4.69, 9.17) is 10.5 Å². The van der Waals surface area contributed by atoms with Crippen molar-refractivity contribution in [3.8, 4) is 23.0 Å². The number of carbonyl (C=O) groups is 1. The molecule has 7 heteroatoms. The van der Waals surface area contributed by atoms with Gasteiger partial charge >= 0.3 is 5.97 Å². The SMILES string of the molecule is COC(=O)c1c(N)c(C#N)cn1-c1ccc(-c2cn3ccc(C)cc3n2)cc1. The number of aryl methyl sites for hydroxylation is 1. The molecule has 4 aromatic rings. The standard InChI is InChI=1S/C21H17N5O2/c1-13-7-8-25-12-17(24-18(25)9-13)14-3-5-16(6-4-14)26-11-15(10-22)19(23)20(26)21(27)28-2/h3-9,11-12H,23H2,1-2H3. The molecule has 3 aromatic heterocycles. The summed E-state index contributed by atoms with van der Waals surface area (Å²) in [5, 5.41) is 9.23. The highest BCUT2D eigenvalue weighted by Gasteiger charge is 2.21. The largest absolute Gasteiger partial charge is 0.464 e. The molecule has 0 saturated carbocycles. The summed E-state index contributed by atoms with van der Waals surface area (Å²) in [6.45, 7) is 2.03. The lowest BCUT2D eigenvalue weighted by molar-refractivity contribution is 0.0593. The second-order valence-corrected chi connectivity index (χ2v) is 6.42. The highest BCUT2D eigenvalue weighted by Crippen LogP contribution is 2.27. The Kier molecular flexibility index (Phi) is 4.09. The summed E-state index contributed by atoms with van der Waals surface area (Å²) in [6, 6.07) is 13.6. The molecule has 0 spiro atoms. The molecule has 0 aliphatic rings. The number of aromatic nitrogens is 3. The summed E-state index contributed by atoms with van der Waals surface area (Å²) in [5.41, 5.74) is 10.9. The van der Waals surface area contributed by atoms with Gasteiger partial charge in [0, 0.05) is 29.8 Å². The van der Waals surface area contributed by atoms with E-state index in [-0.39, 0.29) is 16.9 Å². The maximum absolute atomic E-state index is 12.1. The van der Waals surface area contributed by atoms with Gasteiger partial charge in [-0.3, -0.25) is 0 Å². The molecule has 2 N–H and O–H groups in total. The highest BCUT2D eigenvalue weighted by atomic mass is 16.5. The second-order valence-electron chi connectivity index (χ2n) is 6.42. The van der Waals surface area contributed by atoms with Crippen LogP contribution in [0.5, 0.6) is 0 Å². The number of anilines is 1. The Bertz CT molecular complexity index is 1240. The zero-order chi connectivity index (χ0) is 19.8. The molecule has 0 aliphatic heterocycles. The molecule has 0 amide bonds. The summed E-state index contributed by atoms with van der Waals surface area (Å²) in [5.74, 6) is -0.598. The van der Waals surface area contributed by atoms with Gasteiger partial charge in [0.05, 0.1) is 24.1 Å². The van der Waals surface area contributed by atoms with Crippen LogP contribution in [-0.4, -0.2) is 27.0 Å². The van der Waals surface area contributed by atoms with Crippen LogP contribution < -0.4 is 5.73 Å². The molecule has 0 unspecified atom stereocenters. The first-order chi connectivity index (χ1) is 13.5. The average molecular weight is 371 g/mol. The first-order valence-corrected chi connectivity index (χ1v) is 8.57. The highest BCUT2D eigenvalue weighted by molar-refractivity contribution is 5.96. The lowest BCUT2D eigenvalue weighted by Crippen LogP contribution is -2.11. The summed E-state index contributed by atoms with van der Waals surface area (Å²) < 4.78 is 8.35. The van der Waals surface area contributed by atoms with Gasteiger partial charge in [-0.25, -0.2) is 9.78 Å². The normalized spacial score (nSPS) is 10.8. The summed E-state index contributed by atoms with van der Waals surface area (Å²) in [7, 11) is 1.28. The fraction of sp³-hybridized carbons (Fsp3) is 0.0952. The number of hydrogen-bond donors (Lipinski definition) is 1. The van der Waals surface area contributed by atoms with Crippen molar-refractivity contribution >= 4 is 17.3 Å². The third kappa shape index (κ3) is 2.77. The first kappa shape index (κ1) is 17.4. The van der Waals surface area contributed by atoms with Crippen molar-refractivity contribution in [2.45, 2.75) is 6.92 Å². The van der Waals surface area contributed by atoms with E-state index in [0.29, 0.717) is 5.69 Å². The van der Waals surface area contributed by atoms with Crippen molar-refractivity contribution in [1.29, 1.82) is 5.26 Å². The lowest BCUT2D eigenvalue weighted by atomic mass is 10.1. The van der Waals surface area contributed by atoms with E-state index in [1.54, 1.807) is 4.57 Å². The maximum atomic E-state index is 12.1. The fourth-order valence-electron chi connectivity index (χ4n) is 3.13. The predicted molar refractivity (Wildman–Crippen MR) is 105 cm³/mol. The van der Waals surface area contributed by atoms with Crippen LogP contribution in [-0.2, 0) is 4.74 Å². The van der Waals surface area contributed by atoms with Crippen LogP contribution in [0.3, 0.4) is 0 Å². The van der Waals surface area contributed by atoms with E-state index in [1.165, 1.54) is 13.3 Å². The van der Waals surface area contributed by atoms with Gasteiger partial charge in [0.25, 0.3) is 0 Å². The minimum Gasteiger partial charge on any atom is -0.464 e. The van der Waals surface area contributed by atoms with Gasteiger partial charge in [-0.2, -0.15) is 5.26 Å². The molecule has 28 heavy (non-hydrogen) atoms. The molecule has 0 saturated heterocycles. The smallest absolute Gasteiger partial charge is 0.357 e. The Balaban J connectivity index is 1.76. The molecule has 0 aliphatic carbocycles. The van der Waals surface area contributed by atoms with Crippen LogP contribution in [0.25, 0.3) is 22.6 Å². The number of nitrogen functional groups attached to an aromatic ring is 1. The van der Waals surface area contributed by atoms with Gasteiger partial charge in [-0.05, 0) is 36.8 Å². The zero-order valence-electron chi connectivity index (χ0n) is 15.4. The van der Waals surface area contributed by atoms with E-state index < -0.39 is 5.97 Å². The Hall–Kier alpha value is -4.05. The van der Waals surface area contributed by atoms with Crippen molar-refractivity contribution < 1.29 is 9.53 Å². The Morgan fingerprint density at radius 3 is 2.64 bits per heavy atom. The van der Waals surface area contributed by atoms with E-state index >= 15 is 0 Å². The molecule has 4 rings (SSSR count). The van der Waals surface area contributed by atoms with Crippen molar-refractivity contribution in [2.24, 2.45) is 0 Å². The number of methoxy groups -OCH3 is 1. The zero-order valence-corrected chi connectivity index (χ0v) is 15.4. The Morgan fingerprint density at radius 1 is 1.21 bits per heavy atom. The monoisotopic (exact) mass is 371 g/mol. The number of ether oxygens (including phenoxy) is 1. The molecule has 0 atom stereocenters. The van der Waals surface area contributed by atoms with Crippen LogP contribution in [0.4, 0.5) is 5.69 Å². The van der Waals surface area contributed by atoms with E-state index in [9.17, 15) is 10.1 Å². The third-order valence-corrected chi connectivity index (χ3v) is 4.60. The number of pyridine rings is 1. The molecule has 0 fully saturated rings. The molecule has 3 heterocycles. The fourth-order valence-corrected chi connectivity index (χ4v) is 3.13. The third-order valence-electron chi connectivity index (χ3n) is 4.60. The predicted octanol–water partition coefficient (Wildman–Crippen LogP) is 3.34. The molecule has 0 bridgehead atoms. The molecule has 0 radical (unpaired) electrons. The number of fused-ring (bicyclic) bond motifs is 1. The summed E-state index contributed by atoms with van der Waals surface area (Å²) in [4.78, 5) is 16.8. The van der Waals surface area contributed by atoms with E-state index in [2.05, 4.69) is 4.98 Å². The number of nitrogens with zero attached hydrogens (tertiary/aromatic N) is 4. The second kappa shape index (κ2) is 6.59. The first-order valence-electron chi connectivity index (χ1n) is 8.57. The van der Waals surface area contributed by atoms with Gasteiger partial charge in [0.1, 0.15) is 11.7 Å². The van der Waals surface area contributed by atoms with Gasteiger partial charge in [-0.1, -0.05) is 12.1 Å². The molecule has 7 nitrogen and oxygen atoms in total. The number of imidazole rings is 1. The molecular formula is C21H17N5O2. The number of nitriles is 1. The summed E-state index contributed by atoms with van der Waals surface area (Å²) in [6.07, 6.45) is 5.47. The number of hydrogen-bond acceptors (Lipinski definition) is 5. The lowest BCUT2D eigenvalue weighted by Gasteiger charge is -2.09. The van der Waals surface area contributed by atoms with Crippen LogP contribution in [0, 0.1) is 18.3 Å². The molecular weight excluding hydrogens is 354 g/mol. The van der Waals surface area contributed by atoms with Crippen LogP contribution in [0.1, 0.15) is 21.6 Å². The number of nitrogens with two attached hydrogens (primary N) is 1. The number of esters is 1. The quantitative estimate of drug-likeness (QED) is 0.557. The topological polar surface area (TPSA) is 98.3 Å². The Labute approximate surface area is 161 Å². The van der Waals surface area contributed by atoms with Gasteiger partial charge in [-0.15, -0.1) is 0 Å². The van der Waals surface area contributed by atoms with Gasteiger partial charge in [0.15, 0.2) is 5.69 Å². The minimum atomic E-state index is -0.598. The van der Waals surface area contributed by atoms with Crippen molar-refractivity contribution in [3.05, 3.63) is 71.8 Å².